The van der Waals surface area contributed by atoms with Crippen molar-refractivity contribution in [2.75, 3.05) is 13.2 Å². The molecule has 0 amide bonds. The van der Waals surface area contributed by atoms with E-state index in [1.54, 1.807) is 6.08 Å². The maximum atomic E-state index is 12.0. The molecule has 0 bridgehead atoms. The van der Waals surface area contributed by atoms with Crippen molar-refractivity contribution in [3.8, 4) is 0 Å². The average Bonchev–Trinajstić information content (AvgIpc) is 3.08. The summed E-state index contributed by atoms with van der Waals surface area (Å²) in [5, 5.41) is 10.0. The number of hydrogen-bond donors (Lipinski definition) is 1. The van der Waals surface area contributed by atoms with Gasteiger partial charge in [0.25, 0.3) is 0 Å². The van der Waals surface area contributed by atoms with Crippen molar-refractivity contribution >= 4 is 17.7 Å². The zero-order chi connectivity index (χ0) is 36.0. The molecule has 6 nitrogen and oxygen atoms in total. The SMILES string of the molecule is CCCCC/C=C\C=C\C(=O)CCCCCCCC(=O)OC[C@@H](O)COC(=O)CCCCCCCCCCCCCCCCCCC(C)C. The standard InChI is InChI=1S/C43H78O6/c1-4-5-6-7-18-23-28-33-40(44)34-29-24-21-26-31-36-43(47)49-38-41(45)37-48-42(46)35-30-25-20-17-15-13-11-9-8-10-12-14-16-19-22-27-32-39(2)3/h18,23,28,33,39,41,45H,4-17,19-22,24-27,29-32,34-38H2,1-3H3/b23-18-,33-28+/t41-/m0/s1. The Balaban J connectivity index is 3.47. The van der Waals surface area contributed by atoms with Gasteiger partial charge in [-0.1, -0.05) is 174 Å². The van der Waals surface area contributed by atoms with E-state index in [0.29, 0.717) is 19.3 Å². The molecule has 0 aliphatic rings. The van der Waals surface area contributed by atoms with Crippen molar-refractivity contribution in [1.82, 2.24) is 0 Å². The van der Waals surface area contributed by atoms with Gasteiger partial charge in [0.2, 0.25) is 0 Å². The van der Waals surface area contributed by atoms with Crippen LogP contribution in [0.5, 0.6) is 0 Å². The highest BCUT2D eigenvalue weighted by molar-refractivity contribution is 5.89. The Hall–Kier alpha value is -1.95. The number of carbonyl (C=O) groups is 3. The molecule has 0 heterocycles. The fourth-order valence-corrected chi connectivity index (χ4v) is 5.90. The maximum absolute atomic E-state index is 12.0. The third-order valence-corrected chi connectivity index (χ3v) is 9.09. The van der Waals surface area contributed by atoms with Crippen LogP contribution in [-0.2, 0) is 23.9 Å². The van der Waals surface area contributed by atoms with Crippen molar-refractivity contribution in [3.63, 3.8) is 0 Å². The largest absolute Gasteiger partial charge is 0.463 e. The molecule has 0 aliphatic heterocycles. The number of esters is 2. The van der Waals surface area contributed by atoms with E-state index in [9.17, 15) is 19.5 Å². The van der Waals surface area contributed by atoms with E-state index in [1.165, 1.54) is 109 Å². The molecule has 1 N–H and O–H groups in total. The van der Waals surface area contributed by atoms with Gasteiger partial charge in [0.15, 0.2) is 5.78 Å². The summed E-state index contributed by atoms with van der Waals surface area (Å²) in [6.45, 7) is 6.52. The number of aliphatic hydroxyl groups is 1. The molecule has 1 atom stereocenters. The number of rotatable bonds is 37. The highest BCUT2D eigenvalue weighted by Gasteiger charge is 2.12. The van der Waals surface area contributed by atoms with E-state index >= 15 is 0 Å². The summed E-state index contributed by atoms with van der Waals surface area (Å²) in [6.07, 6.45) is 39.1. The smallest absolute Gasteiger partial charge is 0.305 e. The van der Waals surface area contributed by atoms with Crippen LogP contribution in [0.2, 0.25) is 0 Å². The summed E-state index contributed by atoms with van der Waals surface area (Å²) in [4.78, 5) is 35.9. The van der Waals surface area contributed by atoms with Gasteiger partial charge < -0.3 is 14.6 Å². The second kappa shape index (κ2) is 37.3. The van der Waals surface area contributed by atoms with Crippen LogP contribution in [-0.4, -0.2) is 42.1 Å². The molecule has 0 aromatic rings. The summed E-state index contributed by atoms with van der Waals surface area (Å²) in [6, 6.07) is 0. The van der Waals surface area contributed by atoms with Crippen molar-refractivity contribution in [2.24, 2.45) is 5.92 Å². The van der Waals surface area contributed by atoms with Crippen LogP contribution in [0.15, 0.2) is 24.3 Å². The van der Waals surface area contributed by atoms with Gasteiger partial charge in [-0.15, -0.1) is 0 Å². The topological polar surface area (TPSA) is 89.9 Å². The molecule has 0 rings (SSSR count). The lowest BCUT2D eigenvalue weighted by molar-refractivity contribution is -0.152. The molecule has 0 aliphatic carbocycles. The minimum absolute atomic E-state index is 0.145. The minimum Gasteiger partial charge on any atom is -0.463 e. The molecule has 0 saturated carbocycles. The number of allylic oxidation sites excluding steroid dienone is 4. The van der Waals surface area contributed by atoms with Gasteiger partial charge >= 0.3 is 11.9 Å². The molecule has 0 saturated heterocycles. The maximum Gasteiger partial charge on any atom is 0.305 e. The third kappa shape index (κ3) is 38.7. The van der Waals surface area contributed by atoms with Gasteiger partial charge in [-0.3, -0.25) is 14.4 Å². The quantitative estimate of drug-likeness (QED) is 0.0302. The lowest BCUT2D eigenvalue weighted by Crippen LogP contribution is -2.25. The molecular formula is C43H78O6. The second-order valence-electron chi connectivity index (χ2n) is 14.6. The van der Waals surface area contributed by atoms with Crippen LogP contribution in [0, 0.1) is 5.92 Å². The van der Waals surface area contributed by atoms with E-state index in [0.717, 1.165) is 63.7 Å². The number of ketones is 1. The van der Waals surface area contributed by atoms with E-state index < -0.39 is 6.10 Å². The number of ether oxygens (including phenoxy) is 2. The van der Waals surface area contributed by atoms with Crippen LogP contribution in [0.25, 0.3) is 0 Å². The van der Waals surface area contributed by atoms with E-state index in [4.69, 9.17) is 9.47 Å². The highest BCUT2D eigenvalue weighted by Crippen LogP contribution is 2.15. The predicted molar refractivity (Wildman–Crippen MR) is 206 cm³/mol. The molecule has 0 spiro atoms. The van der Waals surface area contributed by atoms with Crippen LogP contribution >= 0.6 is 0 Å². The Morgan fingerprint density at radius 1 is 0.531 bits per heavy atom. The van der Waals surface area contributed by atoms with Crippen LogP contribution in [0.3, 0.4) is 0 Å². The second-order valence-corrected chi connectivity index (χ2v) is 14.6. The predicted octanol–water partition coefficient (Wildman–Crippen LogP) is 12.1. The fraction of sp³-hybridized carbons (Fsp3) is 0.837. The molecule has 0 unspecified atom stereocenters. The summed E-state index contributed by atoms with van der Waals surface area (Å²) >= 11 is 0. The molecule has 0 aromatic carbocycles. The molecule has 286 valence electrons. The molecule has 0 radical (unpaired) electrons. The lowest BCUT2D eigenvalue weighted by Gasteiger charge is -2.12. The molecule has 6 heteroatoms. The molecule has 49 heavy (non-hydrogen) atoms. The third-order valence-electron chi connectivity index (χ3n) is 9.09. The van der Waals surface area contributed by atoms with Crippen LogP contribution in [0.4, 0.5) is 0 Å². The summed E-state index contributed by atoms with van der Waals surface area (Å²) in [5.74, 6) is 0.364. The highest BCUT2D eigenvalue weighted by atomic mass is 16.6. The van der Waals surface area contributed by atoms with Gasteiger partial charge in [-0.25, -0.2) is 0 Å². The van der Waals surface area contributed by atoms with Crippen molar-refractivity contribution in [2.45, 2.75) is 213 Å². The Labute approximate surface area is 302 Å². The van der Waals surface area contributed by atoms with E-state index in [2.05, 4.69) is 26.8 Å². The molecule has 0 fully saturated rings. The van der Waals surface area contributed by atoms with Gasteiger partial charge in [0.1, 0.15) is 19.3 Å². The zero-order valence-electron chi connectivity index (χ0n) is 32.4. The first-order valence-electron chi connectivity index (χ1n) is 20.7. The Kier molecular flexibility index (Phi) is 35.8. The van der Waals surface area contributed by atoms with Crippen LogP contribution < -0.4 is 0 Å². The first-order valence-corrected chi connectivity index (χ1v) is 20.7. The Morgan fingerprint density at radius 3 is 1.37 bits per heavy atom. The molecule has 0 aromatic heterocycles. The lowest BCUT2D eigenvalue weighted by atomic mass is 10.0. The first-order chi connectivity index (χ1) is 23.8. The van der Waals surface area contributed by atoms with Crippen molar-refractivity contribution < 1.29 is 29.0 Å². The van der Waals surface area contributed by atoms with Gasteiger partial charge in [-0.05, 0) is 44.1 Å². The Bertz CT molecular complexity index is 817. The zero-order valence-corrected chi connectivity index (χ0v) is 32.4. The molecular weight excluding hydrogens is 612 g/mol. The number of hydrogen-bond acceptors (Lipinski definition) is 6. The van der Waals surface area contributed by atoms with E-state index in [-0.39, 0.29) is 30.9 Å². The number of aliphatic hydroxyl groups excluding tert-OH is 1. The fourth-order valence-electron chi connectivity index (χ4n) is 5.90. The normalized spacial score (nSPS) is 12.3. The van der Waals surface area contributed by atoms with Crippen molar-refractivity contribution in [1.29, 1.82) is 0 Å². The number of unbranched alkanes of at least 4 members (excludes halogenated alkanes) is 22. The Morgan fingerprint density at radius 2 is 0.939 bits per heavy atom. The van der Waals surface area contributed by atoms with Crippen molar-refractivity contribution in [3.05, 3.63) is 24.3 Å². The average molecular weight is 691 g/mol. The first kappa shape index (κ1) is 47.0. The van der Waals surface area contributed by atoms with Gasteiger partial charge in [-0.2, -0.15) is 0 Å². The summed E-state index contributed by atoms with van der Waals surface area (Å²) in [5.41, 5.74) is 0. The minimum atomic E-state index is -1.000. The van der Waals surface area contributed by atoms with Crippen LogP contribution in [0.1, 0.15) is 207 Å². The number of carbonyl (C=O) groups excluding carboxylic acids is 3. The van der Waals surface area contributed by atoms with Gasteiger partial charge in [0.05, 0.1) is 0 Å². The monoisotopic (exact) mass is 691 g/mol. The summed E-state index contributed by atoms with van der Waals surface area (Å²) < 4.78 is 10.3. The van der Waals surface area contributed by atoms with E-state index in [1.807, 2.05) is 12.2 Å². The van der Waals surface area contributed by atoms with Gasteiger partial charge in [0, 0.05) is 19.3 Å². The summed E-state index contributed by atoms with van der Waals surface area (Å²) in [7, 11) is 0.